The van der Waals surface area contributed by atoms with E-state index in [0.717, 1.165) is 60.2 Å². The van der Waals surface area contributed by atoms with Crippen LogP contribution in [0.15, 0.2) is 83.8 Å². The summed E-state index contributed by atoms with van der Waals surface area (Å²) in [5.41, 5.74) is 5.66. The molecule has 0 spiro atoms. The van der Waals surface area contributed by atoms with Crippen molar-refractivity contribution in [2.75, 3.05) is 10.6 Å². The van der Waals surface area contributed by atoms with E-state index in [2.05, 4.69) is 58.2 Å². The zero-order chi connectivity index (χ0) is 34.4. The number of anilines is 2. The lowest BCUT2D eigenvalue weighted by Gasteiger charge is -2.38. The Bertz CT molecular complexity index is 1870. The topological polar surface area (TPSA) is 96.3 Å². The lowest BCUT2D eigenvalue weighted by atomic mass is 9.87. The number of piperidine rings is 1. The van der Waals surface area contributed by atoms with E-state index in [1.165, 1.54) is 0 Å². The molecule has 9 heteroatoms. The minimum absolute atomic E-state index is 0.0181. The molecule has 0 aliphatic carbocycles. The number of aryl methyl sites for hydroxylation is 1. The van der Waals surface area contributed by atoms with Gasteiger partial charge in [-0.05, 0) is 97.9 Å². The van der Waals surface area contributed by atoms with E-state index >= 15 is 0 Å². The molecule has 2 fully saturated rings. The van der Waals surface area contributed by atoms with Crippen LogP contribution in [0.3, 0.4) is 0 Å². The van der Waals surface area contributed by atoms with Gasteiger partial charge in [-0.3, -0.25) is 5.32 Å². The van der Waals surface area contributed by atoms with E-state index in [9.17, 15) is 13.2 Å². The van der Waals surface area contributed by atoms with E-state index < -0.39 is 10.0 Å². The monoisotopic (exact) mass is 667 g/mol. The van der Waals surface area contributed by atoms with Crippen LogP contribution < -0.4 is 10.6 Å². The van der Waals surface area contributed by atoms with Gasteiger partial charge in [0.25, 0.3) is 0 Å². The van der Waals surface area contributed by atoms with Crippen LogP contribution in [0.25, 0.3) is 5.69 Å². The van der Waals surface area contributed by atoms with Crippen LogP contribution in [0.5, 0.6) is 0 Å². The summed E-state index contributed by atoms with van der Waals surface area (Å²) in [5, 5.41) is 10.9. The maximum Gasteiger partial charge on any atom is 0.324 e. The first kappa shape index (κ1) is 33.9. The number of urea groups is 1. The number of hydrogen-bond acceptors (Lipinski definition) is 4. The van der Waals surface area contributed by atoms with Crippen molar-refractivity contribution >= 4 is 27.6 Å². The van der Waals surface area contributed by atoms with Crippen LogP contribution >= 0.6 is 0 Å². The lowest BCUT2D eigenvalue weighted by Crippen LogP contribution is -2.46. The molecule has 4 aromatic rings. The van der Waals surface area contributed by atoms with Gasteiger partial charge < -0.3 is 5.32 Å². The largest absolute Gasteiger partial charge is 0.324 e. The van der Waals surface area contributed by atoms with Crippen LogP contribution in [-0.2, 0) is 27.3 Å². The molecule has 48 heavy (non-hydrogen) atoms. The molecule has 2 aliphatic rings. The fraction of sp³-hybridized carbons (Fsp3) is 0.436. The molecule has 2 aliphatic heterocycles. The number of sulfonamides is 1. The summed E-state index contributed by atoms with van der Waals surface area (Å²) in [5.74, 6) is 0.973. The minimum Gasteiger partial charge on any atom is -0.308 e. The van der Waals surface area contributed by atoms with Gasteiger partial charge in [0, 0.05) is 29.3 Å². The molecule has 3 aromatic carbocycles. The van der Waals surface area contributed by atoms with Crippen LogP contribution in [0.1, 0.15) is 89.6 Å². The van der Waals surface area contributed by atoms with Gasteiger partial charge in [-0.1, -0.05) is 83.5 Å². The third-order valence-electron chi connectivity index (χ3n) is 9.77. The average Bonchev–Trinajstić information content (AvgIpc) is 3.56. The van der Waals surface area contributed by atoms with Gasteiger partial charge >= 0.3 is 6.03 Å². The summed E-state index contributed by atoms with van der Waals surface area (Å²) in [6.45, 7) is 14.7. The van der Waals surface area contributed by atoms with Crippen molar-refractivity contribution in [1.29, 1.82) is 0 Å². The fourth-order valence-electron chi connectivity index (χ4n) is 7.16. The maximum atomic E-state index is 13.8. The molecule has 2 amide bonds. The number of amides is 2. The van der Waals surface area contributed by atoms with Crippen LogP contribution in [-0.4, -0.2) is 40.6 Å². The number of hydrogen-bond donors (Lipinski definition) is 2. The van der Waals surface area contributed by atoms with Crippen molar-refractivity contribution < 1.29 is 13.2 Å². The Hall–Kier alpha value is -3.95. The number of aromatic nitrogens is 2. The van der Waals surface area contributed by atoms with Gasteiger partial charge in [-0.2, -0.15) is 9.40 Å². The Labute approximate surface area is 286 Å². The first-order valence-corrected chi connectivity index (χ1v) is 18.5. The number of rotatable bonds is 7. The first-order valence-electron chi connectivity index (χ1n) is 17.1. The van der Waals surface area contributed by atoms with Gasteiger partial charge in [0.05, 0.1) is 16.3 Å². The van der Waals surface area contributed by atoms with E-state index in [-0.39, 0.29) is 28.9 Å². The number of fused-ring (bicyclic) bond motifs is 2. The predicted octanol–water partition coefficient (Wildman–Crippen LogP) is 8.59. The normalized spacial score (nSPS) is 20.1. The molecule has 1 aromatic heterocycles. The standard InChI is InChI=1S/C39H49N5O3S/c1-26-11-15-31(16-12-26)43-36(25-35(42-43)39(5,6)7)41-37(45)40-30-10-8-9-27(22-30)21-28-23-32-17-18-33(24-28)44(32)48(46,47)34-19-13-29(14-20-34)38(2,3)4/h8-16,19-20,22,25,28,32-33H,17-18,21,23-24H2,1-7H3,(H2,40,41,45). The zero-order valence-corrected chi connectivity index (χ0v) is 30.1. The number of carbonyl (C=O) groups excluding carboxylic acids is 1. The van der Waals surface area contributed by atoms with E-state index in [0.29, 0.717) is 22.3 Å². The highest BCUT2D eigenvalue weighted by atomic mass is 32.2. The SMILES string of the molecule is Cc1ccc(-n2nc(C(C)(C)C)cc2NC(=O)Nc2cccc(CC3CC4CCC(C3)N4S(=O)(=O)c3ccc(C(C)(C)C)cc3)c2)cc1. The van der Waals surface area contributed by atoms with E-state index in [4.69, 9.17) is 5.10 Å². The quantitative estimate of drug-likeness (QED) is 0.206. The van der Waals surface area contributed by atoms with Gasteiger partial charge in [0.15, 0.2) is 0 Å². The third kappa shape index (κ3) is 7.22. The van der Waals surface area contributed by atoms with Crippen molar-refractivity contribution in [1.82, 2.24) is 14.1 Å². The number of benzene rings is 3. The Morgan fingerprint density at radius 2 is 1.48 bits per heavy atom. The smallest absolute Gasteiger partial charge is 0.308 e. The molecule has 254 valence electrons. The molecule has 8 nitrogen and oxygen atoms in total. The number of nitrogens with zero attached hydrogens (tertiary/aromatic N) is 3. The second-order valence-corrected chi connectivity index (χ2v) is 17.6. The Kier molecular flexibility index (Phi) is 9.06. The second kappa shape index (κ2) is 12.8. The van der Waals surface area contributed by atoms with Crippen LogP contribution in [0.2, 0.25) is 0 Å². The van der Waals surface area contributed by atoms with Crippen LogP contribution in [0, 0.1) is 12.8 Å². The molecule has 0 radical (unpaired) electrons. The summed E-state index contributed by atoms with van der Waals surface area (Å²) in [4.78, 5) is 13.7. The summed E-state index contributed by atoms with van der Waals surface area (Å²) < 4.78 is 31.2. The maximum absolute atomic E-state index is 13.8. The molecule has 2 atom stereocenters. The highest BCUT2D eigenvalue weighted by molar-refractivity contribution is 7.89. The number of nitrogens with one attached hydrogen (secondary N) is 2. The average molecular weight is 668 g/mol. The minimum atomic E-state index is -3.56. The van der Waals surface area contributed by atoms with Crippen molar-refractivity contribution in [2.24, 2.45) is 5.92 Å². The number of carbonyl (C=O) groups is 1. The predicted molar refractivity (Wildman–Crippen MR) is 193 cm³/mol. The summed E-state index contributed by atoms with van der Waals surface area (Å²) in [7, 11) is -3.56. The Morgan fingerprint density at radius 1 is 0.833 bits per heavy atom. The van der Waals surface area contributed by atoms with Crippen molar-refractivity contribution in [3.05, 3.63) is 101 Å². The molecule has 6 rings (SSSR count). The summed E-state index contributed by atoms with van der Waals surface area (Å²) in [6.07, 6.45) is 4.32. The first-order chi connectivity index (χ1) is 22.6. The van der Waals surface area contributed by atoms with E-state index in [1.807, 2.05) is 71.9 Å². The van der Waals surface area contributed by atoms with Crippen molar-refractivity contribution in [3.8, 4) is 5.69 Å². The lowest BCUT2D eigenvalue weighted by molar-refractivity contribution is 0.190. The molecular formula is C39H49N5O3S. The van der Waals surface area contributed by atoms with Crippen LogP contribution in [0.4, 0.5) is 16.3 Å². The fourth-order valence-corrected chi connectivity index (χ4v) is 9.05. The van der Waals surface area contributed by atoms with Gasteiger partial charge in [0.2, 0.25) is 10.0 Å². The highest BCUT2D eigenvalue weighted by Crippen LogP contribution is 2.43. The Balaban J connectivity index is 1.11. The third-order valence-corrected chi connectivity index (χ3v) is 11.8. The molecular weight excluding hydrogens is 619 g/mol. The zero-order valence-electron chi connectivity index (χ0n) is 29.2. The summed E-state index contributed by atoms with van der Waals surface area (Å²) >= 11 is 0. The van der Waals surface area contributed by atoms with Crippen molar-refractivity contribution in [2.45, 2.75) is 108 Å². The molecule has 2 saturated heterocycles. The second-order valence-electron chi connectivity index (χ2n) is 15.7. The molecule has 2 N–H and O–H groups in total. The van der Waals surface area contributed by atoms with Gasteiger partial charge in [-0.15, -0.1) is 0 Å². The van der Waals surface area contributed by atoms with Crippen molar-refractivity contribution in [3.63, 3.8) is 0 Å². The molecule has 2 bridgehead atoms. The molecule has 3 heterocycles. The molecule has 0 saturated carbocycles. The van der Waals surface area contributed by atoms with E-state index in [1.54, 1.807) is 16.8 Å². The summed E-state index contributed by atoms with van der Waals surface area (Å²) in [6, 6.07) is 25.1. The molecule has 2 unspecified atom stereocenters. The van der Waals surface area contributed by atoms with Gasteiger partial charge in [0.1, 0.15) is 5.82 Å². The Morgan fingerprint density at radius 3 is 2.08 bits per heavy atom. The highest BCUT2D eigenvalue weighted by Gasteiger charge is 2.47. The van der Waals surface area contributed by atoms with Gasteiger partial charge in [-0.25, -0.2) is 17.9 Å².